The lowest BCUT2D eigenvalue weighted by Crippen LogP contribution is -2.59. The van der Waals surface area contributed by atoms with Gasteiger partial charge in [-0.05, 0) is 106 Å². The predicted octanol–water partition coefficient (Wildman–Crippen LogP) is 3.25. The number of methoxy groups -OCH3 is 1. The van der Waals surface area contributed by atoms with Crippen LogP contribution in [-0.4, -0.2) is 135 Å². The number of rotatable bonds is 8. The van der Waals surface area contributed by atoms with Gasteiger partial charge < -0.3 is 39.0 Å². The number of Topliss-reactive ketones (excluding diaryl/α,β-unsaturated/α-hetero) is 1. The van der Waals surface area contributed by atoms with E-state index in [1.807, 2.05) is 32.8 Å². The van der Waals surface area contributed by atoms with Gasteiger partial charge in [0, 0.05) is 50.3 Å². The van der Waals surface area contributed by atoms with Crippen molar-refractivity contribution >= 4 is 11.8 Å². The fourth-order valence-corrected chi connectivity index (χ4v) is 8.65. The number of hydrogen-bond donors (Lipinski definition) is 2. The van der Waals surface area contributed by atoms with Crippen LogP contribution in [0.25, 0.3) is 0 Å². The molecule has 0 unspecified atom stereocenters. The summed E-state index contributed by atoms with van der Waals surface area (Å²) in [5.74, 6) is -1.05. The Morgan fingerprint density at radius 3 is 2.38 bits per heavy atom. The zero-order valence-corrected chi connectivity index (χ0v) is 31.0. The van der Waals surface area contributed by atoms with Crippen LogP contribution in [-0.2, 0) is 33.3 Å². The minimum absolute atomic E-state index is 0.0256. The maximum atomic E-state index is 14.3. The summed E-state index contributed by atoms with van der Waals surface area (Å²) >= 11 is 0. The zero-order valence-electron chi connectivity index (χ0n) is 31.0. The number of esters is 1. The van der Waals surface area contributed by atoms with Crippen LogP contribution in [0.2, 0.25) is 0 Å². The Kier molecular flexibility index (Phi) is 13.0. The molecule has 2 N–H and O–H groups in total. The summed E-state index contributed by atoms with van der Waals surface area (Å²) < 4.78 is 31.0. The van der Waals surface area contributed by atoms with E-state index >= 15 is 0 Å². The highest BCUT2D eigenvalue weighted by Gasteiger charge is 2.52. The third-order valence-corrected chi connectivity index (χ3v) is 11.7. The van der Waals surface area contributed by atoms with Crippen LogP contribution < -0.4 is 5.32 Å². The van der Waals surface area contributed by atoms with Gasteiger partial charge in [0.2, 0.25) is 0 Å². The van der Waals surface area contributed by atoms with E-state index in [-0.39, 0.29) is 42.6 Å². The Labute approximate surface area is 283 Å². The maximum absolute atomic E-state index is 14.3. The van der Waals surface area contributed by atoms with Crippen molar-refractivity contribution in [1.29, 1.82) is 0 Å². The fourth-order valence-electron chi connectivity index (χ4n) is 8.65. The van der Waals surface area contributed by atoms with E-state index in [9.17, 15) is 14.7 Å². The standard InChI is InChI=1S/C36H65N3O8/c1-21-18-36(7,43-11)32(47-33-30(40)27(38(8)9)15-22(2)46-33)23(3)31(41)35(5,6)34(42)45-20-28(39(10)19-21)25-16-26(17-25)37-24(4)29-13-12-14-44-29/h21-30,32-33,37,40H,12-20H2,1-11H3/t21-,22-,23+,24+,25?,26?,27+,28+,29+,30-,32-,33+,36-/m1/s1. The van der Waals surface area contributed by atoms with E-state index in [0.717, 1.165) is 38.8 Å². The van der Waals surface area contributed by atoms with Crippen LogP contribution in [0, 0.1) is 23.2 Å². The Morgan fingerprint density at radius 2 is 1.79 bits per heavy atom. The molecule has 4 aliphatic rings. The topological polar surface area (TPSA) is 119 Å². The van der Waals surface area contributed by atoms with Crippen molar-refractivity contribution in [3.05, 3.63) is 0 Å². The number of nitrogens with one attached hydrogen (secondary N) is 1. The maximum Gasteiger partial charge on any atom is 0.319 e. The number of carbonyl (C=O) groups is 2. The number of ketones is 1. The van der Waals surface area contributed by atoms with Gasteiger partial charge in [-0.3, -0.25) is 14.5 Å². The molecule has 11 heteroatoms. The summed E-state index contributed by atoms with van der Waals surface area (Å²) in [6.45, 7) is 15.2. The van der Waals surface area contributed by atoms with Crippen LogP contribution in [0.4, 0.5) is 0 Å². The Bertz CT molecular complexity index is 1050. The number of cyclic esters (lactones) is 1. The fraction of sp³-hybridized carbons (Fsp3) is 0.944. The van der Waals surface area contributed by atoms with E-state index in [2.05, 4.69) is 31.1 Å². The number of hydrogen-bond acceptors (Lipinski definition) is 11. The zero-order chi connectivity index (χ0) is 34.8. The van der Waals surface area contributed by atoms with E-state index in [1.54, 1.807) is 27.9 Å². The molecule has 0 aromatic rings. The van der Waals surface area contributed by atoms with Crippen molar-refractivity contribution in [2.45, 2.75) is 147 Å². The second kappa shape index (κ2) is 15.8. The monoisotopic (exact) mass is 667 g/mol. The molecule has 0 aromatic carbocycles. The van der Waals surface area contributed by atoms with E-state index < -0.39 is 41.4 Å². The number of aliphatic hydroxyl groups is 1. The van der Waals surface area contributed by atoms with Crippen molar-refractivity contribution in [3.63, 3.8) is 0 Å². The Balaban J connectivity index is 1.56. The molecule has 3 saturated heterocycles. The Hall–Kier alpha value is -1.18. The van der Waals surface area contributed by atoms with Crippen LogP contribution in [0.5, 0.6) is 0 Å². The minimum atomic E-state index is -1.41. The van der Waals surface area contributed by atoms with Gasteiger partial charge >= 0.3 is 5.97 Å². The molecule has 0 amide bonds. The number of ether oxygens (including phenoxy) is 5. The van der Waals surface area contributed by atoms with Gasteiger partial charge in [0.25, 0.3) is 0 Å². The first-order valence-corrected chi connectivity index (χ1v) is 18.0. The van der Waals surface area contributed by atoms with Gasteiger partial charge in [-0.1, -0.05) is 13.8 Å². The average Bonchev–Trinajstić information content (AvgIpc) is 3.53. The van der Waals surface area contributed by atoms with Crippen molar-refractivity contribution < 1.29 is 38.4 Å². The first-order valence-electron chi connectivity index (χ1n) is 18.0. The minimum Gasteiger partial charge on any atom is -0.463 e. The third kappa shape index (κ3) is 8.77. The highest BCUT2D eigenvalue weighted by molar-refractivity contribution is 6.04. The second-order valence-electron chi connectivity index (χ2n) is 16.3. The second-order valence-corrected chi connectivity index (χ2v) is 16.3. The summed E-state index contributed by atoms with van der Waals surface area (Å²) in [4.78, 5) is 32.3. The first-order chi connectivity index (χ1) is 22.0. The number of aliphatic hydroxyl groups excluding tert-OH is 1. The Morgan fingerprint density at radius 1 is 1.11 bits per heavy atom. The van der Waals surface area contributed by atoms with Crippen LogP contribution in [0.3, 0.4) is 0 Å². The van der Waals surface area contributed by atoms with Crippen molar-refractivity contribution in [2.75, 3.05) is 48.0 Å². The van der Waals surface area contributed by atoms with Gasteiger partial charge in [-0.15, -0.1) is 0 Å². The normalized spacial score (nSPS) is 43.4. The average molecular weight is 668 g/mol. The van der Waals surface area contributed by atoms with E-state index in [4.69, 9.17) is 23.7 Å². The molecular weight excluding hydrogens is 602 g/mol. The largest absolute Gasteiger partial charge is 0.463 e. The predicted molar refractivity (Wildman–Crippen MR) is 180 cm³/mol. The van der Waals surface area contributed by atoms with Crippen molar-refractivity contribution in [3.8, 4) is 0 Å². The summed E-state index contributed by atoms with van der Waals surface area (Å²) in [7, 11) is 7.61. The van der Waals surface area contributed by atoms with Crippen LogP contribution >= 0.6 is 0 Å². The van der Waals surface area contributed by atoms with E-state index in [0.29, 0.717) is 30.8 Å². The molecular formula is C36H65N3O8. The van der Waals surface area contributed by atoms with Gasteiger partial charge in [-0.25, -0.2) is 0 Å². The molecule has 11 atom stereocenters. The summed E-state index contributed by atoms with van der Waals surface area (Å²) in [6, 6.07) is 0.574. The molecule has 272 valence electrons. The molecule has 1 saturated carbocycles. The summed E-state index contributed by atoms with van der Waals surface area (Å²) in [5.41, 5.74) is -2.33. The molecule has 4 rings (SSSR count). The molecule has 0 aromatic heterocycles. The molecule has 47 heavy (non-hydrogen) atoms. The van der Waals surface area contributed by atoms with Gasteiger partial charge in [0.05, 0.1) is 23.9 Å². The van der Waals surface area contributed by atoms with Gasteiger partial charge in [0.1, 0.15) is 18.1 Å². The number of nitrogens with zero attached hydrogens (tertiary/aromatic N) is 2. The number of likely N-dealkylation sites (N-methyl/N-ethyl adjacent to an activating group) is 2. The lowest BCUT2D eigenvalue weighted by atomic mass is 9.74. The van der Waals surface area contributed by atoms with Crippen molar-refractivity contribution in [2.24, 2.45) is 23.2 Å². The lowest BCUT2D eigenvalue weighted by Gasteiger charge is -2.47. The van der Waals surface area contributed by atoms with Gasteiger partial charge in [0.15, 0.2) is 12.1 Å². The first kappa shape index (κ1) is 38.6. The third-order valence-electron chi connectivity index (χ3n) is 11.7. The highest BCUT2D eigenvalue weighted by atomic mass is 16.7. The molecule has 0 spiro atoms. The summed E-state index contributed by atoms with van der Waals surface area (Å²) in [6.07, 6.45) is 2.92. The molecule has 3 heterocycles. The molecule has 3 aliphatic heterocycles. The van der Waals surface area contributed by atoms with Gasteiger partial charge in [-0.2, -0.15) is 0 Å². The van der Waals surface area contributed by atoms with E-state index in [1.165, 1.54) is 0 Å². The number of carbonyl (C=O) groups excluding carboxylic acids is 2. The SMILES string of the molecule is CO[C@]1(C)C[C@@H](C)CN(C)[C@H](C2CC(N[C@@H](C)[C@@H]3CCCO3)C2)COC(=O)C(C)(C)C(=O)[C@H](C)[C@H]1O[C@@H]1O[C@H](C)C[C@H](N(C)C)[C@H]1O. The smallest absolute Gasteiger partial charge is 0.319 e. The lowest BCUT2D eigenvalue weighted by molar-refractivity contribution is -0.295. The molecule has 1 aliphatic carbocycles. The quantitative estimate of drug-likeness (QED) is 0.293. The molecule has 0 bridgehead atoms. The van der Waals surface area contributed by atoms with Crippen LogP contribution in [0.15, 0.2) is 0 Å². The summed E-state index contributed by atoms with van der Waals surface area (Å²) in [5, 5.41) is 15.1. The molecule has 4 fully saturated rings. The molecule has 0 radical (unpaired) electrons. The molecule has 11 nitrogen and oxygen atoms in total. The van der Waals surface area contributed by atoms with Crippen molar-refractivity contribution in [1.82, 2.24) is 15.1 Å². The highest BCUT2D eigenvalue weighted by Crippen LogP contribution is 2.40. The van der Waals surface area contributed by atoms with Crippen LogP contribution in [0.1, 0.15) is 87.0 Å².